The monoisotopic (exact) mass is 456 g/mol. The molecule has 0 amide bonds. The van der Waals surface area contributed by atoms with Gasteiger partial charge in [0.15, 0.2) is 4.80 Å². The third-order valence-corrected chi connectivity index (χ3v) is 7.32. The number of aromatic nitrogens is 3. The number of carbonyl (C=O) groups excluding carboxylic acids is 1. The van der Waals surface area contributed by atoms with E-state index in [-0.39, 0.29) is 11.3 Å². The molecule has 7 nitrogen and oxygen atoms in total. The number of benzene rings is 2. The molecule has 0 radical (unpaired) electrons. The number of ketones is 1. The van der Waals surface area contributed by atoms with Gasteiger partial charge in [0.1, 0.15) is 17.5 Å². The van der Waals surface area contributed by atoms with Crippen molar-refractivity contribution in [1.29, 1.82) is 0 Å². The molecule has 3 atom stereocenters. The van der Waals surface area contributed by atoms with Gasteiger partial charge >= 0.3 is 0 Å². The summed E-state index contributed by atoms with van der Waals surface area (Å²) < 4.78 is 8.42. The minimum absolute atomic E-state index is 0.0590. The molecule has 4 aromatic rings. The Morgan fingerprint density at radius 3 is 2.73 bits per heavy atom. The van der Waals surface area contributed by atoms with Crippen molar-refractivity contribution in [1.82, 2.24) is 14.8 Å². The minimum Gasteiger partial charge on any atom is -0.465 e. The lowest BCUT2D eigenvalue weighted by molar-refractivity contribution is -0.132. The van der Waals surface area contributed by atoms with Crippen LogP contribution in [0.15, 0.2) is 70.6 Å². The van der Waals surface area contributed by atoms with Gasteiger partial charge in [-0.05, 0) is 26.0 Å². The van der Waals surface area contributed by atoms with Crippen LogP contribution in [0.25, 0.3) is 17.3 Å². The summed E-state index contributed by atoms with van der Waals surface area (Å²) in [6.07, 6.45) is 3.54. The second-order valence-electron chi connectivity index (χ2n) is 8.47. The first kappa shape index (κ1) is 19.9. The molecule has 6 rings (SSSR count). The molecule has 2 aromatic heterocycles. The number of rotatable bonds is 3. The standard InChI is InChI=1S/C25H20N4O3S/c1-14(30)20-22-17-10-6-7-11-18(17)32-25(20,2)27-24-29(22)23(31)19(33-24)12-16-13-26-28-21(16)15-8-4-3-5-9-15/h3-13,20,22H,1-2H3,(H,26,28)/b19-12+/t20-,22-,25-/m0/s1. The molecular weight excluding hydrogens is 436 g/mol. The number of nitrogens with one attached hydrogen (secondary N) is 1. The number of hydrogen-bond donors (Lipinski definition) is 1. The van der Waals surface area contributed by atoms with Gasteiger partial charge < -0.3 is 4.74 Å². The van der Waals surface area contributed by atoms with Gasteiger partial charge in [-0.3, -0.25) is 19.3 Å². The summed E-state index contributed by atoms with van der Waals surface area (Å²) in [4.78, 5) is 31.7. The van der Waals surface area contributed by atoms with Crippen molar-refractivity contribution in [3.05, 3.63) is 91.6 Å². The van der Waals surface area contributed by atoms with Crippen molar-refractivity contribution in [2.45, 2.75) is 25.6 Å². The van der Waals surface area contributed by atoms with E-state index < -0.39 is 17.7 Å². The Morgan fingerprint density at radius 2 is 1.94 bits per heavy atom. The maximum atomic E-state index is 13.7. The Hall–Kier alpha value is -3.78. The van der Waals surface area contributed by atoms with Crippen LogP contribution in [0.4, 0.5) is 0 Å². The largest absolute Gasteiger partial charge is 0.465 e. The van der Waals surface area contributed by atoms with E-state index in [2.05, 4.69) is 10.2 Å². The molecule has 2 aliphatic heterocycles. The highest BCUT2D eigenvalue weighted by atomic mass is 32.1. The summed E-state index contributed by atoms with van der Waals surface area (Å²) in [5, 5.41) is 7.21. The molecule has 0 saturated carbocycles. The summed E-state index contributed by atoms with van der Waals surface area (Å²) in [6, 6.07) is 16.9. The first-order chi connectivity index (χ1) is 16.0. The first-order valence-electron chi connectivity index (χ1n) is 10.7. The number of H-pyrrole nitrogens is 1. The summed E-state index contributed by atoms with van der Waals surface area (Å²) in [5.41, 5.74) is 2.22. The average Bonchev–Trinajstić information content (AvgIpc) is 3.37. The molecule has 0 spiro atoms. The van der Waals surface area contributed by atoms with E-state index in [1.807, 2.05) is 67.6 Å². The predicted octanol–water partition coefficient (Wildman–Crippen LogP) is 2.67. The number of fused-ring (bicyclic) bond motifs is 6. The quantitative estimate of drug-likeness (QED) is 0.513. The molecule has 0 aliphatic carbocycles. The SMILES string of the molecule is CC(=O)[C@H]1[C@@H]2c3ccccc3O[C@]1(C)N=c1s/c(=C/c3cn[nH]c3-c3ccccc3)c(=O)n12. The van der Waals surface area contributed by atoms with Gasteiger partial charge in [0.05, 0.1) is 22.5 Å². The van der Waals surface area contributed by atoms with Crippen LogP contribution in [0, 0.1) is 5.92 Å². The van der Waals surface area contributed by atoms with E-state index in [9.17, 15) is 9.59 Å². The van der Waals surface area contributed by atoms with Crippen LogP contribution in [0.3, 0.4) is 0 Å². The Morgan fingerprint density at radius 1 is 1.18 bits per heavy atom. The van der Waals surface area contributed by atoms with Crippen molar-refractivity contribution >= 4 is 23.2 Å². The molecule has 2 aromatic carbocycles. The fourth-order valence-corrected chi connectivity index (χ4v) is 6.03. The van der Waals surface area contributed by atoms with E-state index in [0.29, 0.717) is 15.1 Å². The van der Waals surface area contributed by atoms with Crippen molar-refractivity contribution in [3.63, 3.8) is 0 Å². The third-order valence-electron chi connectivity index (χ3n) is 6.34. The molecule has 2 aliphatic rings. The molecule has 33 heavy (non-hydrogen) atoms. The lowest BCUT2D eigenvalue weighted by atomic mass is 9.79. The number of para-hydroxylation sites is 1. The predicted molar refractivity (Wildman–Crippen MR) is 125 cm³/mol. The van der Waals surface area contributed by atoms with Gasteiger partial charge in [0.25, 0.3) is 5.56 Å². The van der Waals surface area contributed by atoms with Crippen LogP contribution in [0.2, 0.25) is 0 Å². The maximum absolute atomic E-state index is 13.7. The van der Waals surface area contributed by atoms with Crippen molar-refractivity contribution in [3.8, 4) is 17.0 Å². The molecule has 8 heteroatoms. The maximum Gasteiger partial charge on any atom is 0.270 e. The Bertz CT molecular complexity index is 1580. The topological polar surface area (TPSA) is 89.3 Å². The normalized spacial score (nSPS) is 23.3. The number of ether oxygens (including phenoxy) is 1. The minimum atomic E-state index is -1.07. The van der Waals surface area contributed by atoms with Crippen LogP contribution < -0.4 is 19.6 Å². The zero-order valence-electron chi connectivity index (χ0n) is 18.0. The lowest BCUT2D eigenvalue weighted by Gasteiger charge is -2.45. The highest BCUT2D eigenvalue weighted by Gasteiger charge is 2.53. The van der Waals surface area contributed by atoms with Crippen molar-refractivity contribution < 1.29 is 9.53 Å². The number of Topliss-reactive ketones (excluding diaryl/α,β-unsaturated/α-hetero) is 1. The summed E-state index contributed by atoms with van der Waals surface area (Å²) >= 11 is 1.30. The molecule has 164 valence electrons. The molecule has 0 saturated heterocycles. The second kappa shape index (κ2) is 7.11. The van der Waals surface area contributed by atoms with Gasteiger partial charge in [-0.15, -0.1) is 0 Å². The Labute approximate surface area is 192 Å². The Kier molecular flexibility index (Phi) is 4.28. The highest BCUT2D eigenvalue weighted by Crippen LogP contribution is 2.47. The zero-order valence-corrected chi connectivity index (χ0v) is 18.8. The number of nitrogens with zero attached hydrogens (tertiary/aromatic N) is 3. The summed E-state index contributed by atoms with van der Waals surface area (Å²) in [5.74, 6) is 0.00631. The van der Waals surface area contributed by atoms with Crippen molar-refractivity contribution in [2.24, 2.45) is 10.9 Å². The molecule has 4 heterocycles. The van der Waals surface area contributed by atoms with E-state index in [0.717, 1.165) is 22.4 Å². The smallest absolute Gasteiger partial charge is 0.270 e. The molecule has 1 N–H and O–H groups in total. The van der Waals surface area contributed by atoms with E-state index in [1.54, 1.807) is 10.8 Å². The molecule has 2 bridgehead atoms. The van der Waals surface area contributed by atoms with Gasteiger partial charge in [0, 0.05) is 16.7 Å². The zero-order chi connectivity index (χ0) is 22.7. The number of carbonyl (C=O) groups is 1. The van der Waals surface area contributed by atoms with Gasteiger partial charge in [-0.25, -0.2) is 4.99 Å². The van der Waals surface area contributed by atoms with Crippen LogP contribution in [-0.2, 0) is 4.79 Å². The molecular formula is C25H20N4O3S. The highest BCUT2D eigenvalue weighted by molar-refractivity contribution is 7.07. The number of hydrogen-bond acceptors (Lipinski definition) is 6. The number of thiazole rings is 1. The van der Waals surface area contributed by atoms with Gasteiger partial charge in [-0.1, -0.05) is 59.9 Å². The van der Waals surface area contributed by atoms with Crippen LogP contribution in [0.1, 0.15) is 31.0 Å². The average molecular weight is 457 g/mol. The summed E-state index contributed by atoms with van der Waals surface area (Å²) in [7, 11) is 0. The Balaban J connectivity index is 1.59. The lowest BCUT2D eigenvalue weighted by Crippen LogP contribution is -2.58. The van der Waals surface area contributed by atoms with Crippen LogP contribution in [0.5, 0.6) is 5.75 Å². The van der Waals surface area contributed by atoms with Gasteiger partial charge in [-0.2, -0.15) is 5.10 Å². The third kappa shape index (κ3) is 2.94. The van der Waals surface area contributed by atoms with Crippen LogP contribution in [-0.4, -0.2) is 26.3 Å². The van der Waals surface area contributed by atoms with Crippen LogP contribution >= 0.6 is 11.3 Å². The number of aromatic amines is 1. The second-order valence-corrected chi connectivity index (χ2v) is 9.48. The fourth-order valence-electron chi connectivity index (χ4n) is 4.94. The van der Waals surface area contributed by atoms with E-state index in [4.69, 9.17) is 9.73 Å². The van der Waals surface area contributed by atoms with Gasteiger partial charge in [0.2, 0.25) is 5.72 Å². The molecule has 0 unspecified atom stereocenters. The fraction of sp³-hybridized carbons (Fsp3) is 0.200. The van der Waals surface area contributed by atoms with E-state index >= 15 is 0 Å². The summed E-state index contributed by atoms with van der Waals surface area (Å²) in [6.45, 7) is 3.36. The first-order valence-corrected chi connectivity index (χ1v) is 11.5. The molecule has 0 fully saturated rings. The van der Waals surface area contributed by atoms with E-state index in [1.165, 1.54) is 18.3 Å². The van der Waals surface area contributed by atoms with Crippen molar-refractivity contribution in [2.75, 3.05) is 0 Å².